The third-order valence-electron chi connectivity index (χ3n) is 4.23. The van der Waals surface area contributed by atoms with Crippen molar-refractivity contribution in [1.29, 1.82) is 0 Å². The van der Waals surface area contributed by atoms with Gasteiger partial charge in [-0.1, -0.05) is 47.6 Å². The highest BCUT2D eigenvalue weighted by atomic mass is 35.5. The van der Waals surface area contributed by atoms with Gasteiger partial charge in [0.1, 0.15) is 5.60 Å². The Balaban J connectivity index is 1.74. The molecule has 0 aliphatic carbocycles. The second-order valence-electron chi connectivity index (χ2n) is 7.68. The van der Waals surface area contributed by atoms with Crippen molar-refractivity contribution in [3.63, 3.8) is 0 Å². The molecule has 6 heteroatoms. The van der Waals surface area contributed by atoms with Gasteiger partial charge in [0.05, 0.1) is 5.02 Å². The van der Waals surface area contributed by atoms with Crippen LogP contribution in [0.1, 0.15) is 26.3 Å². The Morgan fingerprint density at radius 3 is 2.64 bits per heavy atom. The molecular formula is C22H25ClN2O2S. The van der Waals surface area contributed by atoms with Crippen LogP contribution in [0.5, 0.6) is 0 Å². The summed E-state index contributed by atoms with van der Waals surface area (Å²) >= 11 is 8.09. The van der Waals surface area contributed by atoms with Crippen LogP contribution in [0.4, 0.5) is 4.79 Å². The SMILES string of the molecule is CN(CCc1ccccc1Sc1c[nH]c2cccc(Cl)c12)C(=O)OC(C)(C)C. The van der Waals surface area contributed by atoms with Crippen molar-refractivity contribution in [3.8, 4) is 0 Å². The zero-order chi connectivity index (χ0) is 20.3. The summed E-state index contributed by atoms with van der Waals surface area (Å²) in [6, 6.07) is 14.1. The van der Waals surface area contributed by atoms with Crippen LogP contribution >= 0.6 is 23.4 Å². The Hall–Kier alpha value is -2.11. The van der Waals surface area contributed by atoms with Gasteiger partial charge in [0.25, 0.3) is 0 Å². The first-order valence-electron chi connectivity index (χ1n) is 9.20. The van der Waals surface area contributed by atoms with Crippen LogP contribution in [0.25, 0.3) is 10.9 Å². The van der Waals surface area contributed by atoms with E-state index in [9.17, 15) is 4.79 Å². The number of aromatic amines is 1. The van der Waals surface area contributed by atoms with Crippen molar-refractivity contribution in [2.75, 3.05) is 13.6 Å². The first-order chi connectivity index (χ1) is 13.2. The molecule has 1 heterocycles. The minimum atomic E-state index is -0.492. The summed E-state index contributed by atoms with van der Waals surface area (Å²) in [5, 5.41) is 1.78. The van der Waals surface area contributed by atoms with E-state index in [4.69, 9.17) is 16.3 Å². The molecule has 1 amide bonds. The predicted octanol–water partition coefficient (Wildman–Crippen LogP) is 6.38. The molecule has 1 N–H and O–H groups in total. The molecule has 0 bridgehead atoms. The van der Waals surface area contributed by atoms with Crippen LogP contribution in [0.15, 0.2) is 58.5 Å². The van der Waals surface area contributed by atoms with Crippen LogP contribution < -0.4 is 0 Å². The molecule has 3 aromatic rings. The molecule has 4 nitrogen and oxygen atoms in total. The average Bonchev–Trinajstić information content (AvgIpc) is 3.03. The van der Waals surface area contributed by atoms with Crippen LogP contribution in [-0.2, 0) is 11.2 Å². The second-order valence-corrected chi connectivity index (χ2v) is 9.17. The maximum Gasteiger partial charge on any atom is 0.410 e. The van der Waals surface area contributed by atoms with Crippen molar-refractivity contribution in [1.82, 2.24) is 9.88 Å². The summed E-state index contributed by atoms with van der Waals surface area (Å²) in [5.41, 5.74) is 1.72. The van der Waals surface area contributed by atoms with Crippen LogP contribution in [0.2, 0.25) is 5.02 Å². The Kier molecular flexibility index (Phi) is 6.26. The Labute approximate surface area is 175 Å². The molecule has 0 saturated heterocycles. The number of aromatic nitrogens is 1. The van der Waals surface area contributed by atoms with E-state index in [1.807, 2.05) is 57.3 Å². The lowest BCUT2D eigenvalue weighted by Crippen LogP contribution is -2.35. The molecule has 0 fully saturated rings. The summed E-state index contributed by atoms with van der Waals surface area (Å²) in [6.45, 7) is 6.20. The van der Waals surface area contributed by atoms with Gasteiger partial charge in [0.2, 0.25) is 0 Å². The number of rotatable bonds is 5. The van der Waals surface area contributed by atoms with Crippen LogP contribution in [0.3, 0.4) is 0 Å². The van der Waals surface area contributed by atoms with Gasteiger partial charge in [0.15, 0.2) is 0 Å². The van der Waals surface area contributed by atoms with Gasteiger partial charge >= 0.3 is 6.09 Å². The van der Waals surface area contributed by atoms with E-state index in [0.717, 1.165) is 32.1 Å². The molecule has 0 aliphatic heterocycles. The van der Waals surface area contributed by atoms with E-state index in [0.29, 0.717) is 6.54 Å². The number of amides is 1. The summed E-state index contributed by atoms with van der Waals surface area (Å²) in [4.78, 5) is 19.3. The normalized spacial score (nSPS) is 11.6. The molecule has 0 atom stereocenters. The summed E-state index contributed by atoms with van der Waals surface area (Å²) in [6.07, 6.45) is 2.43. The lowest BCUT2D eigenvalue weighted by Gasteiger charge is -2.24. The standard InChI is InChI=1S/C22H25ClN2O2S/c1-22(2,3)27-21(26)25(4)13-12-15-8-5-6-11-18(15)28-19-14-24-17-10-7-9-16(23)20(17)19/h5-11,14,24H,12-13H2,1-4H3. The fourth-order valence-electron chi connectivity index (χ4n) is 2.84. The summed E-state index contributed by atoms with van der Waals surface area (Å²) < 4.78 is 5.43. The van der Waals surface area contributed by atoms with Gasteiger partial charge in [-0.25, -0.2) is 4.79 Å². The van der Waals surface area contributed by atoms with Crippen LogP contribution in [0, 0.1) is 0 Å². The first kappa shape index (κ1) is 20.6. The minimum absolute atomic E-state index is 0.305. The third-order valence-corrected chi connectivity index (χ3v) is 5.71. The molecule has 0 saturated carbocycles. The highest BCUT2D eigenvalue weighted by Crippen LogP contribution is 2.38. The number of nitrogens with one attached hydrogen (secondary N) is 1. The van der Waals surface area contributed by atoms with Crippen molar-refractivity contribution in [2.24, 2.45) is 0 Å². The topological polar surface area (TPSA) is 45.3 Å². The lowest BCUT2D eigenvalue weighted by molar-refractivity contribution is 0.0300. The van der Waals surface area contributed by atoms with Crippen LogP contribution in [-0.4, -0.2) is 35.2 Å². The molecule has 0 radical (unpaired) electrons. The zero-order valence-electron chi connectivity index (χ0n) is 16.6. The molecule has 28 heavy (non-hydrogen) atoms. The van der Waals surface area contributed by atoms with Gasteiger partial charge in [-0.2, -0.15) is 0 Å². The zero-order valence-corrected chi connectivity index (χ0v) is 18.2. The second kappa shape index (κ2) is 8.50. The number of carbonyl (C=O) groups excluding carboxylic acids is 1. The molecule has 3 rings (SSSR count). The summed E-state index contributed by atoms with van der Waals surface area (Å²) in [7, 11) is 1.77. The molecule has 1 aromatic heterocycles. The fourth-order valence-corrected chi connectivity index (χ4v) is 4.30. The third kappa shape index (κ3) is 5.03. The highest BCUT2D eigenvalue weighted by molar-refractivity contribution is 7.99. The largest absolute Gasteiger partial charge is 0.444 e. The van der Waals surface area contributed by atoms with Gasteiger partial charge < -0.3 is 14.6 Å². The van der Waals surface area contributed by atoms with Crippen molar-refractivity contribution >= 4 is 40.4 Å². The number of halogens is 1. The van der Waals surface area contributed by atoms with Gasteiger partial charge in [0, 0.05) is 40.5 Å². The number of ether oxygens (including phenoxy) is 1. The van der Waals surface area contributed by atoms with Gasteiger partial charge in [-0.05, 0) is 51.0 Å². The first-order valence-corrected chi connectivity index (χ1v) is 10.4. The molecule has 0 unspecified atom stereocenters. The smallest absolute Gasteiger partial charge is 0.410 e. The number of hydrogen-bond donors (Lipinski definition) is 1. The number of likely N-dealkylation sites (N-methyl/N-ethyl adjacent to an activating group) is 1. The Morgan fingerprint density at radius 2 is 1.89 bits per heavy atom. The number of nitrogens with zero attached hydrogens (tertiary/aromatic N) is 1. The fraction of sp³-hybridized carbons (Fsp3) is 0.318. The number of H-pyrrole nitrogens is 1. The maximum atomic E-state index is 12.2. The number of benzene rings is 2. The quantitative estimate of drug-likeness (QED) is 0.524. The van der Waals surface area contributed by atoms with E-state index >= 15 is 0 Å². The molecule has 0 aliphatic rings. The van der Waals surface area contributed by atoms with Crippen molar-refractivity contribution in [2.45, 2.75) is 42.6 Å². The van der Waals surface area contributed by atoms with Gasteiger partial charge in [-0.15, -0.1) is 0 Å². The predicted molar refractivity (Wildman–Crippen MR) is 116 cm³/mol. The van der Waals surface area contributed by atoms with Crippen molar-refractivity contribution < 1.29 is 9.53 Å². The molecular weight excluding hydrogens is 392 g/mol. The maximum absolute atomic E-state index is 12.2. The Bertz CT molecular complexity index is 978. The Morgan fingerprint density at radius 1 is 1.14 bits per heavy atom. The number of carbonyl (C=O) groups is 1. The van der Waals surface area contributed by atoms with Gasteiger partial charge in [-0.3, -0.25) is 0 Å². The minimum Gasteiger partial charge on any atom is -0.444 e. The van der Waals surface area contributed by atoms with E-state index in [1.165, 1.54) is 5.56 Å². The monoisotopic (exact) mass is 416 g/mol. The average molecular weight is 417 g/mol. The van der Waals surface area contributed by atoms with E-state index in [1.54, 1.807) is 23.7 Å². The van der Waals surface area contributed by atoms with E-state index in [-0.39, 0.29) is 6.09 Å². The molecule has 0 spiro atoms. The lowest BCUT2D eigenvalue weighted by atomic mass is 10.1. The number of hydrogen-bond acceptors (Lipinski definition) is 3. The summed E-state index contributed by atoms with van der Waals surface area (Å²) in [5.74, 6) is 0. The molecule has 2 aromatic carbocycles. The molecule has 148 valence electrons. The van der Waals surface area contributed by atoms with Crippen molar-refractivity contribution in [3.05, 3.63) is 59.2 Å². The highest BCUT2D eigenvalue weighted by Gasteiger charge is 2.19. The van der Waals surface area contributed by atoms with E-state index < -0.39 is 5.60 Å². The number of fused-ring (bicyclic) bond motifs is 1. The van der Waals surface area contributed by atoms with E-state index in [2.05, 4.69) is 17.1 Å².